The molecule has 0 amide bonds. The van der Waals surface area contributed by atoms with E-state index in [9.17, 15) is 19.2 Å². The lowest BCUT2D eigenvalue weighted by molar-refractivity contribution is -0.138. The van der Waals surface area contributed by atoms with Crippen LogP contribution in [0.5, 0.6) is 5.75 Å². The van der Waals surface area contributed by atoms with Crippen LogP contribution in [0.25, 0.3) is 0 Å². The molecule has 1 unspecified atom stereocenters. The number of nitrogens with one attached hydrogen (secondary N) is 6. The molecule has 11 rings (SSSR count). The van der Waals surface area contributed by atoms with E-state index in [2.05, 4.69) is 96.4 Å². The van der Waals surface area contributed by atoms with Crippen LogP contribution in [0.15, 0.2) is 166 Å². The largest absolute Gasteiger partial charge is 0.507 e. The maximum Gasteiger partial charge on any atom is 0.488 e. The highest BCUT2D eigenvalue weighted by Gasteiger charge is 2.13. The van der Waals surface area contributed by atoms with Gasteiger partial charge in [-0.05, 0) is 89.0 Å². The zero-order valence-corrected chi connectivity index (χ0v) is 52.3. The topological polar surface area (TPSA) is 530 Å². The van der Waals surface area contributed by atoms with Crippen molar-refractivity contribution in [3.8, 4) is 5.75 Å². The Kier molecular flexibility index (Phi) is 38.0. The number of aromatic amines is 6. The van der Waals surface area contributed by atoms with E-state index in [4.69, 9.17) is 58.6 Å². The van der Waals surface area contributed by atoms with Gasteiger partial charge >= 0.3 is 31.0 Å². The molecular weight excluding hydrogens is 1190 g/mol. The van der Waals surface area contributed by atoms with E-state index in [1.54, 1.807) is 105 Å². The molecule has 21 N–H and O–H groups in total. The zero-order valence-electron chi connectivity index (χ0n) is 52.3. The summed E-state index contributed by atoms with van der Waals surface area (Å²) in [5.74, 6) is 3.44. The number of phenols is 1. The summed E-state index contributed by atoms with van der Waals surface area (Å²) in [6, 6.07) is 26.9. The molecule has 4 aromatic carbocycles. The third-order valence-corrected chi connectivity index (χ3v) is 11.1. The van der Waals surface area contributed by atoms with Crippen molar-refractivity contribution < 1.29 is 54.8 Å². The van der Waals surface area contributed by atoms with Crippen molar-refractivity contribution in [1.29, 1.82) is 0 Å². The average molecular weight is 1270 g/mol. The number of benzene rings is 4. The Bertz CT molecular complexity index is 3590. The second-order valence-electron chi connectivity index (χ2n) is 18.9. The van der Waals surface area contributed by atoms with Crippen molar-refractivity contribution >= 4 is 47.8 Å². The van der Waals surface area contributed by atoms with Crippen LogP contribution < -0.4 is 28.5 Å². The molecule has 32 heteroatoms. The summed E-state index contributed by atoms with van der Waals surface area (Å²) >= 11 is 0. The molecule has 0 aliphatic carbocycles. The molecule has 0 fully saturated rings. The minimum atomic E-state index is -1.34. The third-order valence-electron chi connectivity index (χ3n) is 11.1. The van der Waals surface area contributed by atoms with E-state index in [-0.39, 0.29) is 28.9 Å². The zero-order chi connectivity index (χ0) is 69.0. The monoisotopic (exact) mass is 1270 g/mol. The minimum absolute atomic E-state index is 0.0671. The van der Waals surface area contributed by atoms with Crippen LogP contribution in [0.3, 0.4) is 0 Å². The number of carbonyl (C=O) groups is 4. The Morgan fingerprint density at radius 3 is 1.55 bits per heavy atom. The molecule has 31 nitrogen and oxygen atoms in total. The maximum atomic E-state index is 10.5. The summed E-state index contributed by atoms with van der Waals surface area (Å²) in [5, 5.41) is 82.8. The summed E-state index contributed by atoms with van der Waals surface area (Å²) in [7, 11) is -1.34. The molecule has 7 aromatic heterocycles. The predicted molar refractivity (Wildman–Crippen MR) is 348 cm³/mol. The molecule has 0 aliphatic heterocycles. The van der Waals surface area contributed by atoms with Gasteiger partial charge in [0.05, 0.1) is 47.6 Å². The number of hydrogen-bond acceptors (Lipinski definition) is 20. The number of aromatic hydroxyl groups is 1. The molecule has 1 atom stereocenters. The molecule has 7 heterocycles. The molecule has 0 radical (unpaired) electrons. The van der Waals surface area contributed by atoms with Gasteiger partial charge in [0, 0.05) is 77.7 Å². The fourth-order valence-electron chi connectivity index (χ4n) is 6.16. The van der Waals surface area contributed by atoms with E-state index < -0.39 is 37.0 Å². The van der Waals surface area contributed by atoms with Crippen LogP contribution in [0.1, 0.15) is 109 Å². The van der Waals surface area contributed by atoms with Crippen molar-refractivity contribution in [3.05, 3.63) is 234 Å². The highest BCUT2D eigenvalue weighted by atomic mass is 16.4. The van der Waals surface area contributed by atoms with Gasteiger partial charge in [0.1, 0.15) is 41.7 Å². The Morgan fingerprint density at radius 1 is 0.663 bits per heavy atom. The summed E-state index contributed by atoms with van der Waals surface area (Å²) in [6.45, 7) is 18.0. The van der Waals surface area contributed by atoms with Gasteiger partial charge in [-0.15, -0.1) is 10.2 Å². The predicted octanol–water partition coefficient (Wildman–Crippen LogP) is 5.73. The molecule has 490 valence electrons. The maximum absolute atomic E-state index is 10.5. The number of carboxylic acid groups (broad SMARTS) is 4. The highest BCUT2D eigenvalue weighted by molar-refractivity contribution is 6.58. The van der Waals surface area contributed by atoms with E-state index in [1.807, 2.05) is 59.1 Å². The minimum Gasteiger partial charge on any atom is -0.507 e. The van der Waals surface area contributed by atoms with E-state index in [0.717, 1.165) is 57.8 Å². The standard InChI is InChI=1S/C8H9NO2.C7H7NO2.C7H6O3.C6H7BO2.C6H9N3O2.2C6H10N2.2C5H8N2.C2H4N4.C2H3N3/c1-5-3-2-4-6(7(5)9)8(10)11;2*8-6-4-2-1-3-5(6)7(9)10;8-7(9)6-4-2-1-3-5-6;7-5(6(10)11)1-4-2-8-3-9-4;1-5(2)6-7-3-4-8-6;1-3-6-7-4-5(2)8-6;1-4-5(2)7-3-6-4;1-4-3-5(2)7-6-4;3-6-1-4-5-2-6;1-2-4-5-3-1/h2-4H,9H2,1H3,(H,10,11);1-4H,8H2,(H,9,10);1-4,8H,(H,9,10);1-5,8-9H;2-3,5H,1,7H2,(H,8,9)(H,10,11);3-5H,1-2H3,(H,7,8);4H,3H2,1-2H3,(H,7,8);2*3H,1-2H3,(H,6,7);1-2H,3H2;1-2H,(H,3,4,5). The van der Waals surface area contributed by atoms with E-state index in [0.29, 0.717) is 22.8 Å². The second-order valence-corrected chi connectivity index (χ2v) is 18.9. The number of carboxylic acids is 4. The van der Waals surface area contributed by atoms with Crippen LogP contribution in [0.4, 0.5) is 11.4 Å². The van der Waals surface area contributed by atoms with Gasteiger partial charge in [-0.3, -0.25) is 9.89 Å². The van der Waals surface area contributed by atoms with Crippen LogP contribution in [-0.4, -0.2) is 153 Å². The number of para-hydroxylation sites is 3. The van der Waals surface area contributed by atoms with Crippen molar-refractivity contribution in [2.45, 2.75) is 87.1 Å². The smallest absolute Gasteiger partial charge is 0.488 e. The number of aromatic nitrogens is 16. The Hall–Kier alpha value is -11.8. The van der Waals surface area contributed by atoms with Gasteiger partial charge in [0.15, 0.2) is 0 Å². The molecular formula is C60H81BN20O11. The van der Waals surface area contributed by atoms with Crippen LogP contribution in [-0.2, 0) is 17.6 Å². The van der Waals surface area contributed by atoms with Crippen molar-refractivity contribution in [1.82, 2.24) is 80.4 Å². The number of aliphatic carboxylic acids is 1. The summed E-state index contributed by atoms with van der Waals surface area (Å²) in [6.07, 6.45) is 17.5. The lowest BCUT2D eigenvalue weighted by atomic mass is 9.81. The first kappa shape index (κ1) is 78.2. The first-order chi connectivity index (χ1) is 43.7. The number of hydrogen-bond donors (Lipinski definition) is 17. The lowest BCUT2D eigenvalue weighted by Gasteiger charge is -2.02. The number of aryl methyl sites for hydroxylation is 7. The Balaban J connectivity index is 0.000000509. The van der Waals surface area contributed by atoms with Gasteiger partial charge < -0.3 is 78.6 Å². The Morgan fingerprint density at radius 2 is 1.25 bits per heavy atom. The molecule has 11 aromatic rings. The number of nitrogens with zero attached hydrogens (tertiary/aromatic N) is 10. The molecule has 0 spiro atoms. The van der Waals surface area contributed by atoms with Crippen molar-refractivity contribution in [3.63, 3.8) is 0 Å². The number of H-pyrrole nitrogens is 6. The quantitative estimate of drug-likeness (QED) is 0.0466. The third kappa shape index (κ3) is 34.5. The van der Waals surface area contributed by atoms with Gasteiger partial charge in [-0.1, -0.05) is 87.5 Å². The number of rotatable bonds is 9. The Labute approximate surface area is 530 Å². The molecule has 0 aliphatic rings. The second kappa shape index (κ2) is 44.6. The van der Waals surface area contributed by atoms with Crippen LogP contribution >= 0.6 is 0 Å². The first-order valence-corrected chi connectivity index (χ1v) is 27.6. The normalized spacial score (nSPS) is 9.75. The van der Waals surface area contributed by atoms with Crippen LogP contribution in [0, 0.1) is 41.5 Å². The number of nitrogen functional groups attached to an aromatic ring is 3. The van der Waals surface area contributed by atoms with Gasteiger partial charge in [0.25, 0.3) is 0 Å². The number of imidazole rings is 4. The van der Waals surface area contributed by atoms with E-state index >= 15 is 0 Å². The van der Waals surface area contributed by atoms with Gasteiger partial charge in [-0.2, -0.15) is 20.5 Å². The van der Waals surface area contributed by atoms with Crippen molar-refractivity contribution in [2.75, 3.05) is 17.3 Å². The van der Waals surface area contributed by atoms with Crippen LogP contribution in [0.2, 0.25) is 0 Å². The lowest BCUT2D eigenvalue weighted by Crippen LogP contribution is -2.32. The highest BCUT2D eigenvalue weighted by Crippen LogP contribution is 2.16. The number of anilines is 2. The average Bonchev–Trinajstić information content (AvgIpc) is 3.26. The number of aromatic carboxylic acids is 3. The van der Waals surface area contributed by atoms with Gasteiger partial charge in [-0.25, -0.2) is 39.0 Å². The fourth-order valence-corrected chi connectivity index (χ4v) is 6.16. The molecule has 0 saturated heterocycles. The summed E-state index contributed by atoms with van der Waals surface area (Å²) < 4.78 is 1.28. The summed E-state index contributed by atoms with van der Waals surface area (Å²) in [5.41, 5.74) is 24.6. The molecule has 0 saturated carbocycles. The summed E-state index contributed by atoms with van der Waals surface area (Å²) in [4.78, 5) is 69.1. The SMILES string of the molecule is CC(C)c1ncc[nH]1.CCc1ncc(C)[nH]1.Cc1cc(C)[nH]n1.Cc1cccc(C(=O)O)c1N.Cc1nc[nH]c1C.NC(Cc1cnc[nH]1)C(=O)O.Nc1ccccc1C(=O)O.Nn1cnnc1.O=C(O)c1ccccc1O.OB(O)c1ccccc1.c1cn[nH]n1. The number of nitrogens with two attached hydrogens (primary N) is 4. The van der Waals surface area contributed by atoms with Gasteiger partial charge in [0.2, 0.25) is 0 Å². The van der Waals surface area contributed by atoms with E-state index in [1.165, 1.54) is 47.9 Å². The molecule has 92 heavy (non-hydrogen) atoms. The fraction of sp³-hybridized carbons (Fsp3) is 0.217. The molecule has 0 bridgehead atoms. The van der Waals surface area contributed by atoms with Crippen molar-refractivity contribution in [2.24, 2.45) is 5.73 Å². The first-order valence-electron chi connectivity index (χ1n) is 27.6.